The van der Waals surface area contributed by atoms with Crippen LogP contribution in [0.15, 0.2) is 72.8 Å². The number of thioether (sulfide) groups is 1. The van der Waals surface area contributed by atoms with Crippen LogP contribution in [0.3, 0.4) is 0 Å². The summed E-state index contributed by atoms with van der Waals surface area (Å²) in [4.78, 5) is 41.8. The molecule has 1 heterocycles. The summed E-state index contributed by atoms with van der Waals surface area (Å²) >= 11 is 7.56. The number of aromatic hydroxyl groups is 1. The number of benzene rings is 3. The van der Waals surface area contributed by atoms with Crippen molar-refractivity contribution in [1.29, 1.82) is 0 Å². The summed E-state index contributed by atoms with van der Waals surface area (Å²) in [5.41, 5.74) is 8.28. The molecule has 3 aromatic rings. The van der Waals surface area contributed by atoms with Crippen molar-refractivity contribution in [3.05, 3.63) is 100 Å². The Labute approximate surface area is 236 Å². The summed E-state index contributed by atoms with van der Waals surface area (Å²) in [6.45, 7) is 1.76. The van der Waals surface area contributed by atoms with E-state index in [4.69, 9.17) is 17.3 Å². The number of phenolic OH excluding ortho intramolecular Hbond substituents is 1. The van der Waals surface area contributed by atoms with Gasteiger partial charge in [0.05, 0.1) is 11.8 Å². The standard InChI is InChI=1S/C29H30ClN3O5S/c1-17-20(11-7-13-23(17)34)26(35)24(25(31)18-8-3-2-4-9-18)27(36)29(38)33-16-39-15-22(33)28(37)32-14-19-10-5-6-12-21(19)30/h2-13,22,24-25,27,34,36H,14-16,31H2,1H3,(H,32,37)/t22-,24+,25?,27-/m0/s1. The normalized spacial score (nSPS) is 17.3. The van der Waals surface area contributed by atoms with Crippen LogP contribution in [-0.4, -0.2) is 56.5 Å². The topological polar surface area (TPSA) is 133 Å². The number of aliphatic hydroxyl groups is 1. The fraction of sp³-hybridized carbons (Fsp3) is 0.276. The van der Waals surface area contributed by atoms with Crippen molar-refractivity contribution in [2.45, 2.75) is 31.7 Å². The largest absolute Gasteiger partial charge is 0.508 e. The lowest BCUT2D eigenvalue weighted by Crippen LogP contribution is -2.53. The van der Waals surface area contributed by atoms with Crippen LogP contribution in [0.5, 0.6) is 5.75 Å². The molecule has 0 aromatic heterocycles. The van der Waals surface area contributed by atoms with Gasteiger partial charge in [-0.3, -0.25) is 14.4 Å². The van der Waals surface area contributed by atoms with Gasteiger partial charge in [0.1, 0.15) is 17.9 Å². The van der Waals surface area contributed by atoms with Gasteiger partial charge in [0.2, 0.25) is 5.91 Å². The highest BCUT2D eigenvalue weighted by molar-refractivity contribution is 7.99. The molecule has 1 fully saturated rings. The van der Waals surface area contributed by atoms with E-state index >= 15 is 0 Å². The van der Waals surface area contributed by atoms with E-state index in [-0.39, 0.29) is 29.6 Å². The van der Waals surface area contributed by atoms with Gasteiger partial charge in [-0.25, -0.2) is 0 Å². The van der Waals surface area contributed by atoms with Crippen LogP contribution in [0.25, 0.3) is 0 Å². The minimum atomic E-state index is -1.83. The lowest BCUT2D eigenvalue weighted by molar-refractivity contribution is -0.146. The summed E-state index contributed by atoms with van der Waals surface area (Å²) in [5, 5.41) is 24.9. The average molecular weight is 568 g/mol. The Hall–Kier alpha value is -3.37. The van der Waals surface area contributed by atoms with Crippen molar-refractivity contribution in [3.63, 3.8) is 0 Å². The molecule has 1 aliphatic rings. The van der Waals surface area contributed by atoms with Crippen LogP contribution >= 0.6 is 23.4 Å². The zero-order valence-electron chi connectivity index (χ0n) is 21.3. The van der Waals surface area contributed by atoms with E-state index in [0.29, 0.717) is 21.9 Å². The summed E-state index contributed by atoms with van der Waals surface area (Å²) in [6.07, 6.45) is -1.83. The maximum Gasteiger partial charge on any atom is 0.253 e. The zero-order valence-corrected chi connectivity index (χ0v) is 22.9. The predicted molar refractivity (Wildman–Crippen MR) is 151 cm³/mol. The molecule has 0 bridgehead atoms. The molecular weight excluding hydrogens is 538 g/mol. The van der Waals surface area contributed by atoms with Crippen molar-refractivity contribution >= 4 is 41.0 Å². The number of nitrogens with zero attached hydrogens (tertiary/aromatic N) is 1. The number of hydrogen-bond acceptors (Lipinski definition) is 7. The fourth-order valence-electron chi connectivity index (χ4n) is 4.60. The van der Waals surface area contributed by atoms with Gasteiger partial charge in [-0.1, -0.05) is 72.3 Å². The second-order valence-corrected chi connectivity index (χ2v) is 10.8. The van der Waals surface area contributed by atoms with Gasteiger partial charge in [-0.2, -0.15) is 0 Å². The number of aliphatic hydroxyl groups excluding tert-OH is 1. The molecule has 10 heteroatoms. The number of rotatable bonds is 9. The third kappa shape index (κ3) is 6.28. The monoisotopic (exact) mass is 567 g/mol. The minimum absolute atomic E-state index is 0.0834. The molecule has 3 aromatic carbocycles. The highest BCUT2D eigenvalue weighted by Crippen LogP contribution is 2.32. The second kappa shape index (κ2) is 12.7. The number of nitrogens with two attached hydrogens (primary N) is 1. The molecule has 0 spiro atoms. The van der Waals surface area contributed by atoms with Crippen LogP contribution in [0.2, 0.25) is 5.02 Å². The van der Waals surface area contributed by atoms with Crippen molar-refractivity contribution in [2.24, 2.45) is 11.7 Å². The molecule has 39 heavy (non-hydrogen) atoms. The molecule has 0 saturated carbocycles. The zero-order chi connectivity index (χ0) is 28.1. The number of halogens is 1. The molecule has 4 atom stereocenters. The van der Waals surface area contributed by atoms with Crippen molar-refractivity contribution in [3.8, 4) is 5.75 Å². The molecule has 0 aliphatic carbocycles. The van der Waals surface area contributed by atoms with Gasteiger partial charge >= 0.3 is 0 Å². The molecule has 0 radical (unpaired) electrons. The number of amides is 2. The van der Waals surface area contributed by atoms with Gasteiger partial charge in [-0.05, 0) is 30.2 Å². The number of nitrogens with one attached hydrogen (secondary N) is 1. The number of hydrogen-bond donors (Lipinski definition) is 4. The summed E-state index contributed by atoms with van der Waals surface area (Å²) in [5.74, 6) is -2.67. The third-order valence-electron chi connectivity index (χ3n) is 6.92. The maximum atomic E-state index is 13.8. The molecule has 204 valence electrons. The smallest absolute Gasteiger partial charge is 0.253 e. The van der Waals surface area contributed by atoms with Crippen molar-refractivity contribution < 1.29 is 24.6 Å². The highest BCUT2D eigenvalue weighted by atomic mass is 35.5. The summed E-state index contributed by atoms with van der Waals surface area (Å²) in [7, 11) is 0. The SMILES string of the molecule is Cc1c(O)cccc1C(=O)[C@@H](C(N)c1ccccc1)[C@H](O)C(=O)N1CSC[C@H]1C(=O)NCc1ccccc1Cl. The summed E-state index contributed by atoms with van der Waals surface area (Å²) < 4.78 is 0. The molecule has 1 aliphatic heterocycles. The number of ketones is 1. The van der Waals surface area contributed by atoms with Crippen molar-refractivity contribution in [2.75, 3.05) is 11.6 Å². The van der Waals surface area contributed by atoms with Crippen LogP contribution in [0.1, 0.15) is 33.1 Å². The first-order valence-corrected chi connectivity index (χ1v) is 13.9. The van der Waals surface area contributed by atoms with Crippen LogP contribution in [0, 0.1) is 12.8 Å². The number of phenols is 1. The van der Waals surface area contributed by atoms with E-state index in [1.807, 2.05) is 6.07 Å². The van der Waals surface area contributed by atoms with Gasteiger partial charge in [0, 0.05) is 34.5 Å². The maximum absolute atomic E-state index is 13.8. The van der Waals surface area contributed by atoms with Crippen LogP contribution < -0.4 is 11.1 Å². The Morgan fingerprint density at radius 3 is 2.49 bits per heavy atom. The average Bonchev–Trinajstić information content (AvgIpc) is 3.44. The van der Waals surface area contributed by atoms with E-state index in [1.165, 1.54) is 34.9 Å². The van der Waals surface area contributed by atoms with Crippen molar-refractivity contribution in [1.82, 2.24) is 10.2 Å². The first-order valence-electron chi connectivity index (χ1n) is 12.4. The Bertz CT molecular complexity index is 1360. The summed E-state index contributed by atoms with van der Waals surface area (Å²) in [6, 6.07) is 18.5. The first-order chi connectivity index (χ1) is 18.7. The van der Waals surface area contributed by atoms with Crippen LogP contribution in [-0.2, 0) is 16.1 Å². The number of Topliss-reactive ketones (excluding diaryl/α,β-unsaturated/α-hetero) is 1. The van der Waals surface area contributed by atoms with Gasteiger partial charge in [0.15, 0.2) is 5.78 Å². The molecule has 2 amide bonds. The fourth-order valence-corrected chi connectivity index (χ4v) is 5.96. The highest BCUT2D eigenvalue weighted by Gasteiger charge is 2.44. The first kappa shape index (κ1) is 28.6. The molecular formula is C29H30ClN3O5S. The number of carbonyl (C=O) groups excluding carboxylic acids is 3. The lowest BCUT2D eigenvalue weighted by Gasteiger charge is -2.31. The van der Waals surface area contributed by atoms with E-state index in [2.05, 4.69) is 5.32 Å². The van der Waals surface area contributed by atoms with Gasteiger partial charge in [0.25, 0.3) is 5.91 Å². The van der Waals surface area contributed by atoms with E-state index < -0.39 is 35.8 Å². The van der Waals surface area contributed by atoms with Gasteiger partial charge < -0.3 is 26.2 Å². The minimum Gasteiger partial charge on any atom is -0.508 e. The third-order valence-corrected chi connectivity index (χ3v) is 8.30. The molecule has 4 rings (SSSR count). The quantitative estimate of drug-likeness (QED) is 0.291. The molecule has 1 saturated heterocycles. The Kier molecular flexibility index (Phi) is 9.29. The molecule has 8 nitrogen and oxygen atoms in total. The predicted octanol–water partition coefficient (Wildman–Crippen LogP) is 3.43. The van der Waals surface area contributed by atoms with E-state index in [9.17, 15) is 24.6 Å². The lowest BCUT2D eigenvalue weighted by atomic mass is 9.81. The number of carbonyl (C=O) groups is 3. The molecule has 1 unspecified atom stereocenters. The Morgan fingerprint density at radius 2 is 1.77 bits per heavy atom. The molecule has 5 N–H and O–H groups in total. The van der Waals surface area contributed by atoms with E-state index in [1.54, 1.807) is 55.5 Å². The Balaban J connectivity index is 1.58. The second-order valence-electron chi connectivity index (χ2n) is 9.35. The van der Waals surface area contributed by atoms with Crippen LogP contribution in [0.4, 0.5) is 0 Å². The van der Waals surface area contributed by atoms with E-state index in [0.717, 1.165) is 5.56 Å². The van der Waals surface area contributed by atoms with Gasteiger partial charge in [-0.15, -0.1) is 11.8 Å². The Morgan fingerprint density at radius 1 is 1.08 bits per heavy atom.